The van der Waals surface area contributed by atoms with E-state index in [0.29, 0.717) is 17.3 Å². The third kappa shape index (κ3) is 4.14. The Bertz CT molecular complexity index is 785. The summed E-state index contributed by atoms with van der Waals surface area (Å²) in [6, 6.07) is 16.1. The topological polar surface area (TPSA) is 41.9 Å². The maximum absolute atomic E-state index is 13.1. The second-order valence-electron chi connectivity index (χ2n) is 4.94. The monoisotopic (exact) mass is 326 g/mol. The lowest BCUT2D eigenvalue weighted by atomic mass is 10.2. The highest BCUT2D eigenvalue weighted by Crippen LogP contribution is 2.10. The van der Waals surface area contributed by atoms with Crippen LogP contribution in [0.15, 0.2) is 67.0 Å². The van der Waals surface area contributed by atoms with Gasteiger partial charge in [0.25, 0.3) is 0 Å². The van der Waals surface area contributed by atoms with E-state index in [4.69, 9.17) is 12.2 Å². The van der Waals surface area contributed by atoms with Gasteiger partial charge in [-0.1, -0.05) is 18.2 Å². The van der Waals surface area contributed by atoms with Crippen molar-refractivity contribution in [1.29, 1.82) is 0 Å². The number of rotatable bonds is 4. The molecule has 4 nitrogen and oxygen atoms in total. The standard InChI is InChI=1S/C17H15FN4S/c18-14-3-1-4-15(11-14)21-17(23)19-12-13-5-7-16(8-6-13)22-10-2-9-20-22/h1-11H,12H2,(H2,19,21,23). The van der Waals surface area contributed by atoms with Gasteiger partial charge in [-0.3, -0.25) is 0 Å². The number of anilines is 1. The van der Waals surface area contributed by atoms with Crippen LogP contribution in [0.4, 0.5) is 10.1 Å². The van der Waals surface area contributed by atoms with E-state index in [2.05, 4.69) is 15.7 Å². The molecule has 0 fully saturated rings. The van der Waals surface area contributed by atoms with Crippen LogP contribution >= 0.6 is 12.2 Å². The number of nitrogens with one attached hydrogen (secondary N) is 2. The average molecular weight is 326 g/mol. The van der Waals surface area contributed by atoms with E-state index in [0.717, 1.165) is 11.3 Å². The number of benzene rings is 2. The predicted molar refractivity (Wildman–Crippen MR) is 93.0 cm³/mol. The fourth-order valence-corrected chi connectivity index (χ4v) is 2.30. The van der Waals surface area contributed by atoms with Gasteiger partial charge >= 0.3 is 0 Å². The van der Waals surface area contributed by atoms with Gasteiger partial charge in [0.2, 0.25) is 0 Å². The summed E-state index contributed by atoms with van der Waals surface area (Å²) >= 11 is 5.21. The summed E-state index contributed by atoms with van der Waals surface area (Å²) in [6.07, 6.45) is 3.64. The fourth-order valence-electron chi connectivity index (χ4n) is 2.11. The van der Waals surface area contributed by atoms with E-state index in [1.54, 1.807) is 23.0 Å². The molecule has 116 valence electrons. The highest BCUT2D eigenvalue weighted by atomic mass is 32.1. The van der Waals surface area contributed by atoms with Crippen LogP contribution in [0, 0.1) is 5.82 Å². The van der Waals surface area contributed by atoms with Crippen molar-refractivity contribution < 1.29 is 4.39 Å². The van der Waals surface area contributed by atoms with E-state index in [9.17, 15) is 4.39 Å². The van der Waals surface area contributed by atoms with Crippen molar-refractivity contribution in [3.63, 3.8) is 0 Å². The van der Waals surface area contributed by atoms with Crippen LogP contribution in [0.5, 0.6) is 0 Å². The third-order valence-corrected chi connectivity index (χ3v) is 3.49. The molecule has 3 rings (SSSR count). The Morgan fingerprint density at radius 3 is 2.65 bits per heavy atom. The van der Waals surface area contributed by atoms with Crippen molar-refractivity contribution in [2.24, 2.45) is 0 Å². The first kappa shape index (κ1) is 15.2. The minimum atomic E-state index is -0.299. The number of aromatic nitrogens is 2. The lowest BCUT2D eigenvalue weighted by molar-refractivity contribution is 0.628. The number of hydrogen-bond donors (Lipinski definition) is 2. The molecule has 0 atom stereocenters. The normalized spacial score (nSPS) is 10.3. The molecule has 0 aliphatic heterocycles. The molecule has 1 aromatic heterocycles. The minimum Gasteiger partial charge on any atom is -0.358 e. The van der Waals surface area contributed by atoms with Crippen molar-refractivity contribution in [1.82, 2.24) is 15.1 Å². The lowest BCUT2D eigenvalue weighted by Crippen LogP contribution is -2.27. The smallest absolute Gasteiger partial charge is 0.171 e. The maximum atomic E-state index is 13.1. The Hall–Kier alpha value is -2.73. The zero-order chi connectivity index (χ0) is 16.1. The highest BCUT2D eigenvalue weighted by molar-refractivity contribution is 7.80. The molecule has 6 heteroatoms. The molecule has 0 radical (unpaired) electrons. The Labute approximate surface area is 139 Å². The summed E-state index contributed by atoms with van der Waals surface area (Å²) in [6.45, 7) is 0.584. The second kappa shape index (κ2) is 7.02. The minimum absolute atomic E-state index is 0.299. The van der Waals surface area contributed by atoms with Crippen molar-refractivity contribution in [2.45, 2.75) is 6.54 Å². The average Bonchev–Trinajstić information content (AvgIpc) is 3.08. The molecule has 2 aromatic carbocycles. The van der Waals surface area contributed by atoms with E-state index < -0.39 is 0 Å². The zero-order valence-corrected chi connectivity index (χ0v) is 13.1. The van der Waals surface area contributed by atoms with Gasteiger partial charge in [0.15, 0.2) is 5.11 Å². The van der Waals surface area contributed by atoms with Crippen molar-refractivity contribution in [2.75, 3.05) is 5.32 Å². The molecular formula is C17H15FN4S. The molecule has 0 saturated heterocycles. The summed E-state index contributed by atoms with van der Waals surface area (Å²) in [7, 11) is 0. The number of thiocarbonyl (C=S) groups is 1. The summed E-state index contributed by atoms with van der Waals surface area (Å²) in [5.74, 6) is -0.299. The molecule has 0 saturated carbocycles. The molecular weight excluding hydrogens is 311 g/mol. The van der Waals surface area contributed by atoms with Gasteiger partial charge in [0.1, 0.15) is 5.82 Å². The zero-order valence-electron chi connectivity index (χ0n) is 12.2. The van der Waals surface area contributed by atoms with E-state index in [-0.39, 0.29) is 5.82 Å². The van der Waals surface area contributed by atoms with E-state index in [1.807, 2.05) is 36.5 Å². The number of nitrogens with zero attached hydrogens (tertiary/aromatic N) is 2. The van der Waals surface area contributed by atoms with Crippen LogP contribution in [0.3, 0.4) is 0 Å². The van der Waals surface area contributed by atoms with Crippen LogP contribution in [0.2, 0.25) is 0 Å². The van der Waals surface area contributed by atoms with Gasteiger partial charge in [0.05, 0.1) is 5.69 Å². The van der Waals surface area contributed by atoms with Gasteiger partial charge in [-0.15, -0.1) is 0 Å². The molecule has 0 spiro atoms. The summed E-state index contributed by atoms with van der Waals surface area (Å²) < 4.78 is 14.9. The first-order valence-electron chi connectivity index (χ1n) is 7.10. The first-order valence-corrected chi connectivity index (χ1v) is 7.51. The molecule has 23 heavy (non-hydrogen) atoms. The summed E-state index contributed by atoms with van der Waals surface area (Å²) in [4.78, 5) is 0. The number of halogens is 1. The van der Waals surface area contributed by atoms with Crippen LogP contribution in [0.1, 0.15) is 5.56 Å². The van der Waals surface area contributed by atoms with Crippen LogP contribution < -0.4 is 10.6 Å². The van der Waals surface area contributed by atoms with E-state index >= 15 is 0 Å². The molecule has 0 unspecified atom stereocenters. The largest absolute Gasteiger partial charge is 0.358 e. The third-order valence-electron chi connectivity index (χ3n) is 3.24. The summed E-state index contributed by atoms with van der Waals surface area (Å²) in [5, 5.41) is 10.7. The molecule has 2 N–H and O–H groups in total. The Morgan fingerprint density at radius 1 is 1.13 bits per heavy atom. The Balaban J connectivity index is 1.54. The molecule has 0 amide bonds. The predicted octanol–water partition coefficient (Wildman–Crippen LogP) is 3.50. The van der Waals surface area contributed by atoms with Crippen LogP contribution in [-0.4, -0.2) is 14.9 Å². The van der Waals surface area contributed by atoms with Gasteiger partial charge in [-0.2, -0.15) is 5.10 Å². The van der Waals surface area contributed by atoms with Crippen molar-refractivity contribution >= 4 is 23.0 Å². The molecule has 1 heterocycles. The van der Waals surface area contributed by atoms with Crippen molar-refractivity contribution in [3.05, 3.63) is 78.4 Å². The molecule has 0 bridgehead atoms. The quantitative estimate of drug-likeness (QED) is 0.720. The summed E-state index contributed by atoms with van der Waals surface area (Å²) in [5.41, 5.74) is 2.71. The van der Waals surface area contributed by atoms with Crippen LogP contribution in [-0.2, 0) is 6.54 Å². The van der Waals surface area contributed by atoms with Gasteiger partial charge in [-0.25, -0.2) is 9.07 Å². The van der Waals surface area contributed by atoms with Gasteiger partial charge < -0.3 is 10.6 Å². The first-order chi connectivity index (χ1) is 11.2. The molecule has 3 aromatic rings. The van der Waals surface area contributed by atoms with Gasteiger partial charge in [-0.05, 0) is 54.2 Å². The second-order valence-corrected chi connectivity index (χ2v) is 5.34. The SMILES string of the molecule is Fc1cccc(NC(=S)NCc2ccc(-n3cccn3)cc2)c1. The van der Waals surface area contributed by atoms with Crippen LogP contribution in [0.25, 0.3) is 5.69 Å². The van der Waals surface area contributed by atoms with Gasteiger partial charge in [0, 0.05) is 24.6 Å². The fraction of sp³-hybridized carbons (Fsp3) is 0.0588. The lowest BCUT2D eigenvalue weighted by Gasteiger charge is -2.11. The maximum Gasteiger partial charge on any atom is 0.171 e. The number of hydrogen-bond acceptors (Lipinski definition) is 2. The Morgan fingerprint density at radius 2 is 1.96 bits per heavy atom. The highest BCUT2D eigenvalue weighted by Gasteiger charge is 2.01. The van der Waals surface area contributed by atoms with Crippen molar-refractivity contribution in [3.8, 4) is 5.69 Å². The molecule has 0 aliphatic carbocycles. The molecule has 0 aliphatic rings. The Kier molecular flexibility index (Phi) is 4.63. The van der Waals surface area contributed by atoms with E-state index in [1.165, 1.54) is 12.1 Å².